The second kappa shape index (κ2) is 6.02. The fourth-order valence-corrected chi connectivity index (χ4v) is 4.01. The van der Waals surface area contributed by atoms with Crippen molar-refractivity contribution >= 4 is 33.6 Å². The molecule has 2 bridgehead atoms. The van der Waals surface area contributed by atoms with Crippen LogP contribution in [0.25, 0.3) is 0 Å². The number of esters is 1. The summed E-state index contributed by atoms with van der Waals surface area (Å²) in [6, 6.07) is 12.2. The lowest BCUT2D eigenvalue weighted by Crippen LogP contribution is -2.65. The fraction of sp³-hybridized carbons (Fsp3) is 0.263. The van der Waals surface area contributed by atoms with Crippen LogP contribution in [0.1, 0.15) is 35.3 Å². The Labute approximate surface area is 159 Å². The van der Waals surface area contributed by atoms with Crippen LogP contribution in [0.15, 0.2) is 46.9 Å². The standard InChI is InChI=1S/C19H17BrN2O4/c1-19-10-15(14-8-11(17(23)25-2)6-7-16(14)26-19)21-18(24)22(19)13-5-3-4-12(20)9-13/h3-9,15H,10H2,1-2H3,(H,21,24)/t15-,19-/m1/s1. The molecule has 0 saturated carbocycles. The molecule has 6 nitrogen and oxygen atoms in total. The van der Waals surface area contributed by atoms with E-state index in [1.807, 2.05) is 31.2 Å². The van der Waals surface area contributed by atoms with Gasteiger partial charge in [-0.05, 0) is 43.3 Å². The molecule has 2 atom stereocenters. The highest BCUT2D eigenvalue weighted by molar-refractivity contribution is 9.10. The minimum Gasteiger partial charge on any atom is -0.467 e. The number of amides is 2. The molecule has 26 heavy (non-hydrogen) atoms. The molecule has 1 N–H and O–H groups in total. The van der Waals surface area contributed by atoms with E-state index in [9.17, 15) is 9.59 Å². The highest BCUT2D eigenvalue weighted by atomic mass is 79.9. The second-order valence-corrected chi connectivity index (χ2v) is 7.46. The molecule has 2 heterocycles. The molecule has 2 aliphatic heterocycles. The number of benzene rings is 2. The zero-order valence-corrected chi connectivity index (χ0v) is 15.9. The van der Waals surface area contributed by atoms with Crippen LogP contribution < -0.4 is 15.0 Å². The van der Waals surface area contributed by atoms with Gasteiger partial charge in [0.1, 0.15) is 5.75 Å². The van der Waals surface area contributed by atoms with Gasteiger partial charge in [0, 0.05) is 16.5 Å². The van der Waals surface area contributed by atoms with Crippen molar-refractivity contribution in [3.05, 3.63) is 58.1 Å². The van der Waals surface area contributed by atoms with Crippen LogP contribution in [0.2, 0.25) is 0 Å². The maximum absolute atomic E-state index is 12.8. The topological polar surface area (TPSA) is 67.9 Å². The van der Waals surface area contributed by atoms with Crippen molar-refractivity contribution in [3.63, 3.8) is 0 Å². The smallest absolute Gasteiger partial charge is 0.337 e. The lowest BCUT2D eigenvalue weighted by Gasteiger charge is -2.50. The maximum Gasteiger partial charge on any atom is 0.337 e. The molecule has 0 spiro atoms. The van der Waals surface area contributed by atoms with Gasteiger partial charge in [0.25, 0.3) is 0 Å². The Kier molecular flexibility index (Phi) is 3.91. The molecular formula is C19H17BrN2O4. The maximum atomic E-state index is 12.8. The molecule has 0 aliphatic carbocycles. The molecule has 1 saturated heterocycles. The van der Waals surface area contributed by atoms with Gasteiger partial charge in [0.2, 0.25) is 0 Å². The Morgan fingerprint density at radius 1 is 1.35 bits per heavy atom. The Hall–Kier alpha value is -2.54. The Morgan fingerprint density at radius 2 is 2.15 bits per heavy atom. The number of halogens is 1. The van der Waals surface area contributed by atoms with Crippen LogP contribution in [0, 0.1) is 0 Å². The first kappa shape index (κ1) is 16.9. The number of rotatable bonds is 2. The molecule has 2 aliphatic rings. The summed E-state index contributed by atoms with van der Waals surface area (Å²) in [5, 5.41) is 3.02. The second-order valence-electron chi connectivity index (χ2n) is 6.54. The number of anilines is 1. The third-order valence-corrected chi connectivity index (χ3v) is 5.25. The number of hydrogen-bond donors (Lipinski definition) is 1. The molecule has 134 valence electrons. The molecule has 2 aromatic carbocycles. The minimum absolute atomic E-state index is 0.232. The van der Waals surface area contributed by atoms with E-state index in [2.05, 4.69) is 21.2 Å². The van der Waals surface area contributed by atoms with Gasteiger partial charge in [-0.25, -0.2) is 9.59 Å². The van der Waals surface area contributed by atoms with E-state index in [1.165, 1.54) is 7.11 Å². The summed E-state index contributed by atoms with van der Waals surface area (Å²) >= 11 is 3.45. The molecule has 2 aromatic rings. The molecule has 1 fully saturated rings. The van der Waals surface area contributed by atoms with Crippen molar-refractivity contribution in [1.82, 2.24) is 5.32 Å². The van der Waals surface area contributed by atoms with Gasteiger partial charge in [-0.15, -0.1) is 0 Å². The van der Waals surface area contributed by atoms with Crippen molar-refractivity contribution in [1.29, 1.82) is 0 Å². The summed E-state index contributed by atoms with van der Waals surface area (Å²) in [5.74, 6) is 0.232. The quantitative estimate of drug-likeness (QED) is 0.751. The summed E-state index contributed by atoms with van der Waals surface area (Å²) in [6.07, 6.45) is 0.558. The van der Waals surface area contributed by atoms with Gasteiger partial charge in [-0.3, -0.25) is 4.90 Å². The third kappa shape index (κ3) is 2.63. The number of nitrogens with zero attached hydrogens (tertiary/aromatic N) is 1. The van der Waals surface area contributed by atoms with Gasteiger partial charge in [-0.2, -0.15) is 0 Å². The average molecular weight is 417 g/mol. The number of carbonyl (C=O) groups is 2. The predicted molar refractivity (Wildman–Crippen MR) is 99.3 cm³/mol. The fourth-order valence-electron chi connectivity index (χ4n) is 3.63. The molecule has 0 aromatic heterocycles. The van der Waals surface area contributed by atoms with Crippen molar-refractivity contribution < 1.29 is 19.1 Å². The SMILES string of the molecule is COC(=O)c1ccc2c(c1)[C@H]1C[C@@](C)(O2)N(c2cccc(Br)c2)C(=O)N1. The van der Waals surface area contributed by atoms with Crippen molar-refractivity contribution in [2.24, 2.45) is 0 Å². The summed E-state index contributed by atoms with van der Waals surface area (Å²) in [7, 11) is 1.34. The van der Waals surface area contributed by atoms with E-state index in [0.717, 1.165) is 15.7 Å². The Bertz CT molecular complexity index is 916. The average Bonchev–Trinajstić information content (AvgIpc) is 2.60. The number of urea groups is 1. The summed E-state index contributed by atoms with van der Waals surface area (Å²) < 4.78 is 11.9. The first-order chi connectivity index (χ1) is 12.4. The van der Waals surface area contributed by atoms with Gasteiger partial charge in [0.15, 0.2) is 5.72 Å². The van der Waals surface area contributed by atoms with Crippen LogP contribution in [-0.2, 0) is 4.74 Å². The first-order valence-electron chi connectivity index (χ1n) is 8.19. The van der Waals surface area contributed by atoms with E-state index in [-0.39, 0.29) is 12.1 Å². The molecule has 0 radical (unpaired) electrons. The van der Waals surface area contributed by atoms with Crippen LogP contribution in [0.4, 0.5) is 10.5 Å². The van der Waals surface area contributed by atoms with E-state index in [0.29, 0.717) is 17.7 Å². The highest BCUT2D eigenvalue weighted by Gasteiger charge is 2.50. The molecule has 0 unspecified atom stereocenters. The van der Waals surface area contributed by atoms with Crippen LogP contribution in [-0.4, -0.2) is 24.8 Å². The van der Waals surface area contributed by atoms with Crippen LogP contribution in [0.5, 0.6) is 5.75 Å². The van der Waals surface area contributed by atoms with Crippen LogP contribution >= 0.6 is 15.9 Å². The van der Waals surface area contributed by atoms with Crippen molar-refractivity contribution in [2.45, 2.75) is 25.1 Å². The minimum atomic E-state index is -0.826. The van der Waals surface area contributed by atoms with Gasteiger partial charge in [-0.1, -0.05) is 22.0 Å². The monoisotopic (exact) mass is 416 g/mol. The van der Waals surface area contributed by atoms with E-state index in [1.54, 1.807) is 23.1 Å². The Balaban J connectivity index is 1.76. The molecule has 4 rings (SSSR count). The van der Waals surface area contributed by atoms with E-state index in [4.69, 9.17) is 9.47 Å². The Morgan fingerprint density at radius 3 is 2.88 bits per heavy atom. The number of methoxy groups -OCH3 is 1. The lowest BCUT2D eigenvalue weighted by molar-refractivity contribution is 0.0377. The van der Waals surface area contributed by atoms with Crippen LogP contribution in [0.3, 0.4) is 0 Å². The zero-order chi connectivity index (χ0) is 18.5. The number of hydrogen-bond acceptors (Lipinski definition) is 4. The summed E-state index contributed by atoms with van der Waals surface area (Å²) in [5.41, 5.74) is 1.13. The predicted octanol–water partition coefficient (Wildman–Crippen LogP) is 4.01. The van der Waals surface area contributed by atoms with Crippen molar-refractivity contribution in [2.75, 3.05) is 12.0 Å². The normalized spacial score (nSPS) is 23.6. The summed E-state index contributed by atoms with van der Waals surface area (Å²) in [4.78, 5) is 26.3. The lowest BCUT2D eigenvalue weighted by atomic mass is 9.89. The van der Waals surface area contributed by atoms with Gasteiger partial charge < -0.3 is 14.8 Å². The number of carbonyl (C=O) groups excluding carboxylic acids is 2. The van der Waals surface area contributed by atoms with E-state index < -0.39 is 11.7 Å². The largest absolute Gasteiger partial charge is 0.467 e. The summed E-state index contributed by atoms with van der Waals surface area (Å²) in [6.45, 7) is 1.90. The number of ether oxygens (including phenoxy) is 2. The molecular weight excluding hydrogens is 400 g/mol. The molecule has 7 heteroatoms. The molecule has 2 amide bonds. The van der Waals surface area contributed by atoms with Crippen molar-refractivity contribution in [3.8, 4) is 5.75 Å². The van der Waals surface area contributed by atoms with Gasteiger partial charge >= 0.3 is 12.0 Å². The van der Waals surface area contributed by atoms with E-state index >= 15 is 0 Å². The first-order valence-corrected chi connectivity index (χ1v) is 8.98. The van der Waals surface area contributed by atoms with Gasteiger partial charge in [0.05, 0.1) is 24.4 Å². The third-order valence-electron chi connectivity index (χ3n) is 4.76. The highest BCUT2D eigenvalue weighted by Crippen LogP contribution is 2.46. The zero-order valence-electron chi connectivity index (χ0n) is 14.3. The number of fused-ring (bicyclic) bond motifs is 4. The number of nitrogens with one attached hydrogen (secondary N) is 1.